The Morgan fingerprint density at radius 2 is 1.84 bits per heavy atom. The van der Waals surface area contributed by atoms with Gasteiger partial charge in [-0.25, -0.2) is 15.0 Å². The van der Waals surface area contributed by atoms with Crippen LogP contribution in [0.4, 0.5) is 11.5 Å². The van der Waals surface area contributed by atoms with E-state index in [2.05, 4.69) is 37.3 Å². The van der Waals surface area contributed by atoms with Gasteiger partial charge in [0.1, 0.15) is 11.6 Å². The van der Waals surface area contributed by atoms with Crippen LogP contribution in [0, 0.1) is 6.92 Å². The number of nitrogens with one attached hydrogen (secondary N) is 1. The fraction of sp³-hybridized carbons (Fsp3) is 0.417. The Bertz CT molecular complexity index is 953. The van der Waals surface area contributed by atoms with E-state index in [4.69, 9.17) is 9.72 Å². The first-order chi connectivity index (χ1) is 15.2. The number of ether oxygens (including phenoxy) is 1. The molecular formula is C24H30N6O. The van der Waals surface area contributed by atoms with Gasteiger partial charge in [0.2, 0.25) is 0 Å². The third-order valence-corrected chi connectivity index (χ3v) is 5.76. The molecule has 1 aliphatic heterocycles. The van der Waals surface area contributed by atoms with Crippen molar-refractivity contribution in [3.8, 4) is 0 Å². The van der Waals surface area contributed by atoms with E-state index in [1.807, 2.05) is 37.6 Å². The smallest absolute Gasteiger partial charge is 0.133 e. The molecule has 1 fully saturated rings. The van der Waals surface area contributed by atoms with Gasteiger partial charge in [0.15, 0.2) is 0 Å². The van der Waals surface area contributed by atoms with Crippen LogP contribution in [0.5, 0.6) is 0 Å². The average molecular weight is 419 g/mol. The van der Waals surface area contributed by atoms with Crippen molar-refractivity contribution in [2.75, 3.05) is 32.1 Å². The van der Waals surface area contributed by atoms with Crippen molar-refractivity contribution in [3.05, 3.63) is 71.7 Å². The first-order valence-electron chi connectivity index (χ1n) is 10.9. The van der Waals surface area contributed by atoms with Gasteiger partial charge in [0.25, 0.3) is 0 Å². The van der Waals surface area contributed by atoms with Crippen molar-refractivity contribution < 1.29 is 4.74 Å². The molecule has 0 atom stereocenters. The molecule has 4 rings (SSSR count). The molecule has 1 N–H and O–H groups in total. The maximum absolute atomic E-state index is 5.08. The van der Waals surface area contributed by atoms with Crippen LogP contribution >= 0.6 is 0 Å². The average Bonchev–Trinajstić information content (AvgIpc) is 2.81. The van der Waals surface area contributed by atoms with Crippen LogP contribution in [-0.2, 0) is 17.7 Å². The summed E-state index contributed by atoms with van der Waals surface area (Å²) < 4.78 is 5.08. The van der Waals surface area contributed by atoms with Gasteiger partial charge in [-0.05, 0) is 56.6 Å². The Labute approximate surface area is 183 Å². The molecule has 7 heteroatoms. The van der Waals surface area contributed by atoms with Crippen molar-refractivity contribution in [3.63, 3.8) is 0 Å². The first kappa shape index (κ1) is 21.3. The summed E-state index contributed by atoms with van der Waals surface area (Å²) in [4.78, 5) is 20.5. The van der Waals surface area contributed by atoms with Crippen LogP contribution in [0.3, 0.4) is 0 Å². The van der Waals surface area contributed by atoms with Gasteiger partial charge in [0.05, 0.1) is 18.5 Å². The first-order valence-corrected chi connectivity index (χ1v) is 10.9. The van der Waals surface area contributed by atoms with Gasteiger partial charge in [0, 0.05) is 55.8 Å². The summed E-state index contributed by atoms with van der Waals surface area (Å²) in [5, 5.41) is 3.35. The molecule has 0 saturated carbocycles. The van der Waals surface area contributed by atoms with Crippen LogP contribution in [0.1, 0.15) is 41.4 Å². The Morgan fingerprint density at radius 1 is 1.03 bits per heavy atom. The Kier molecular flexibility index (Phi) is 7.17. The lowest BCUT2D eigenvalue weighted by Gasteiger charge is -2.31. The highest BCUT2D eigenvalue weighted by atomic mass is 16.5. The molecular weight excluding hydrogens is 388 g/mol. The van der Waals surface area contributed by atoms with E-state index in [9.17, 15) is 0 Å². The maximum atomic E-state index is 5.08. The number of aryl methyl sites for hydroxylation is 1. The SMILES string of the molecule is COCCc1ncc(CN2CCC(c3ccc(Nc4ncccc4C)cn3)CC2)cn1. The van der Waals surface area contributed by atoms with E-state index in [1.54, 1.807) is 13.3 Å². The second-order valence-electron chi connectivity index (χ2n) is 8.07. The molecule has 3 aromatic rings. The summed E-state index contributed by atoms with van der Waals surface area (Å²) >= 11 is 0. The zero-order chi connectivity index (χ0) is 21.5. The summed E-state index contributed by atoms with van der Waals surface area (Å²) in [5.74, 6) is 2.22. The number of likely N-dealkylation sites (tertiary alicyclic amines) is 1. The molecule has 0 amide bonds. The zero-order valence-electron chi connectivity index (χ0n) is 18.3. The van der Waals surface area contributed by atoms with Crippen LogP contribution in [0.15, 0.2) is 49.1 Å². The molecule has 0 spiro atoms. The number of nitrogens with zero attached hydrogens (tertiary/aromatic N) is 5. The number of hydrogen-bond donors (Lipinski definition) is 1. The second kappa shape index (κ2) is 10.4. The Morgan fingerprint density at radius 3 is 2.52 bits per heavy atom. The summed E-state index contributed by atoms with van der Waals surface area (Å²) in [6.45, 7) is 5.72. The van der Waals surface area contributed by atoms with Gasteiger partial charge in [-0.1, -0.05) is 6.07 Å². The molecule has 0 aliphatic carbocycles. The maximum Gasteiger partial charge on any atom is 0.133 e. The number of rotatable bonds is 8. The molecule has 31 heavy (non-hydrogen) atoms. The number of anilines is 2. The molecule has 3 aromatic heterocycles. The third-order valence-electron chi connectivity index (χ3n) is 5.76. The van der Waals surface area contributed by atoms with E-state index in [-0.39, 0.29) is 0 Å². The number of methoxy groups -OCH3 is 1. The standard InChI is InChI=1S/C24H30N6O/c1-18-4-3-10-25-24(18)29-21-5-6-22(26-16-21)20-7-11-30(12-8-20)17-19-14-27-23(28-15-19)9-13-31-2/h3-6,10,14-16,20H,7-9,11-13,17H2,1-2H3,(H,25,29). The zero-order valence-corrected chi connectivity index (χ0v) is 18.3. The van der Waals surface area contributed by atoms with E-state index in [1.165, 1.54) is 5.69 Å². The lowest BCUT2D eigenvalue weighted by molar-refractivity contribution is 0.199. The Balaban J connectivity index is 1.27. The van der Waals surface area contributed by atoms with Crippen molar-refractivity contribution in [1.82, 2.24) is 24.8 Å². The lowest BCUT2D eigenvalue weighted by Crippen LogP contribution is -2.32. The van der Waals surface area contributed by atoms with E-state index in [0.717, 1.165) is 67.4 Å². The van der Waals surface area contributed by atoms with Crippen molar-refractivity contribution >= 4 is 11.5 Å². The summed E-state index contributed by atoms with van der Waals surface area (Å²) in [6, 6.07) is 8.24. The van der Waals surface area contributed by atoms with Crippen LogP contribution in [0.2, 0.25) is 0 Å². The summed E-state index contributed by atoms with van der Waals surface area (Å²) in [5.41, 5.74) is 4.43. The molecule has 162 valence electrons. The second-order valence-corrected chi connectivity index (χ2v) is 8.07. The van der Waals surface area contributed by atoms with Crippen LogP contribution in [0.25, 0.3) is 0 Å². The van der Waals surface area contributed by atoms with E-state index >= 15 is 0 Å². The lowest BCUT2D eigenvalue weighted by atomic mass is 9.93. The van der Waals surface area contributed by atoms with Crippen LogP contribution < -0.4 is 5.32 Å². The minimum absolute atomic E-state index is 0.509. The largest absolute Gasteiger partial charge is 0.384 e. The molecule has 0 radical (unpaired) electrons. The Hall–Kier alpha value is -2.90. The number of pyridine rings is 2. The van der Waals surface area contributed by atoms with Gasteiger partial charge in [-0.2, -0.15) is 0 Å². The fourth-order valence-electron chi connectivity index (χ4n) is 3.90. The highest BCUT2D eigenvalue weighted by Gasteiger charge is 2.21. The quantitative estimate of drug-likeness (QED) is 0.595. The minimum atomic E-state index is 0.509. The molecule has 7 nitrogen and oxygen atoms in total. The van der Waals surface area contributed by atoms with Gasteiger partial charge in [-0.3, -0.25) is 9.88 Å². The molecule has 0 aromatic carbocycles. The highest BCUT2D eigenvalue weighted by Crippen LogP contribution is 2.28. The summed E-state index contributed by atoms with van der Waals surface area (Å²) in [6.07, 6.45) is 10.6. The topological polar surface area (TPSA) is 76.1 Å². The van der Waals surface area contributed by atoms with Gasteiger partial charge in [-0.15, -0.1) is 0 Å². The fourth-order valence-corrected chi connectivity index (χ4v) is 3.90. The predicted octanol–water partition coefficient (Wildman–Crippen LogP) is 3.89. The summed E-state index contributed by atoms with van der Waals surface area (Å²) in [7, 11) is 1.70. The number of aromatic nitrogens is 4. The third kappa shape index (κ3) is 5.83. The normalized spacial score (nSPS) is 15.2. The van der Waals surface area contributed by atoms with Crippen molar-refractivity contribution in [2.24, 2.45) is 0 Å². The van der Waals surface area contributed by atoms with Gasteiger partial charge < -0.3 is 10.1 Å². The minimum Gasteiger partial charge on any atom is -0.384 e. The number of piperidine rings is 1. The predicted molar refractivity (Wildman–Crippen MR) is 121 cm³/mol. The molecule has 0 unspecified atom stereocenters. The van der Waals surface area contributed by atoms with Crippen molar-refractivity contribution in [1.29, 1.82) is 0 Å². The monoisotopic (exact) mass is 418 g/mol. The van der Waals surface area contributed by atoms with Crippen molar-refractivity contribution in [2.45, 2.75) is 38.6 Å². The number of hydrogen-bond acceptors (Lipinski definition) is 7. The molecule has 1 saturated heterocycles. The van der Waals surface area contributed by atoms with Gasteiger partial charge >= 0.3 is 0 Å². The van der Waals surface area contributed by atoms with E-state index < -0.39 is 0 Å². The van der Waals surface area contributed by atoms with Crippen LogP contribution in [-0.4, -0.2) is 51.6 Å². The molecule has 1 aliphatic rings. The highest BCUT2D eigenvalue weighted by molar-refractivity contribution is 5.57. The molecule has 0 bridgehead atoms. The molecule has 4 heterocycles. The van der Waals surface area contributed by atoms with E-state index in [0.29, 0.717) is 12.5 Å².